The maximum absolute atomic E-state index is 12.4. The van der Waals surface area contributed by atoms with Gasteiger partial charge in [0.1, 0.15) is 0 Å². The SMILES string of the molecule is Cc1ccc(NC(=O)C(C)SCc2csc(-c3ccco3)n2)c(C)c1. The first-order valence-electron chi connectivity index (χ1n) is 8.01. The summed E-state index contributed by atoms with van der Waals surface area (Å²) in [6.07, 6.45) is 1.64. The van der Waals surface area contributed by atoms with Gasteiger partial charge in [-0.15, -0.1) is 23.1 Å². The molecule has 3 rings (SSSR count). The molecule has 1 unspecified atom stereocenters. The zero-order chi connectivity index (χ0) is 17.8. The van der Waals surface area contributed by atoms with Crippen molar-refractivity contribution in [1.82, 2.24) is 4.98 Å². The normalized spacial score (nSPS) is 12.1. The second kappa shape index (κ2) is 7.89. The van der Waals surface area contributed by atoms with E-state index in [1.54, 1.807) is 29.4 Å². The van der Waals surface area contributed by atoms with Crippen LogP contribution in [0, 0.1) is 13.8 Å². The molecule has 130 valence electrons. The highest BCUT2D eigenvalue weighted by Crippen LogP contribution is 2.27. The molecule has 1 aromatic carbocycles. The van der Waals surface area contributed by atoms with Crippen molar-refractivity contribution in [3.8, 4) is 10.8 Å². The first kappa shape index (κ1) is 17.8. The average Bonchev–Trinajstić information content (AvgIpc) is 3.26. The van der Waals surface area contributed by atoms with Crippen molar-refractivity contribution in [3.05, 3.63) is 58.8 Å². The van der Waals surface area contributed by atoms with Gasteiger partial charge in [0.25, 0.3) is 0 Å². The number of furan rings is 1. The van der Waals surface area contributed by atoms with Gasteiger partial charge in [-0.3, -0.25) is 4.79 Å². The summed E-state index contributed by atoms with van der Waals surface area (Å²) in [4.78, 5) is 17.0. The quantitative estimate of drug-likeness (QED) is 0.639. The number of hydrogen-bond acceptors (Lipinski definition) is 5. The van der Waals surface area contributed by atoms with Crippen molar-refractivity contribution in [2.24, 2.45) is 0 Å². The molecule has 0 spiro atoms. The second-order valence-electron chi connectivity index (χ2n) is 5.88. The summed E-state index contributed by atoms with van der Waals surface area (Å²) in [5, 5.41) is 5.73. The Kier molecular flexibility index (Phi) is 5.60. The van der Waals surface area contributed by atoms with Crippen molar-refractivity contribution in [2.75, 3.05) is 5.32 Å². The van der Waals surface area contributed by atoms with Crippen LogP contribution in [0.1, 0.15) is 23.7 Å². The lowest BCUT2D eigenvalue weighted by molar-refractivity contribution is -0.115. The van der Waals surface area contributed by atoms with Gasteiger partial charge < -0.3 is 9.73 Å². The van der Waals surface area contributed by atoms with E-state index in [1.807, 2.05) is 50.4 Å². The minimum atomic E-state index is -0.158. The predicted octanol–water partition coefficient (Wildman–Crippen LogP) is 5.28. The summed E-state index contributed by atoms with van der Waals surface area (Å²) >= 11 is 3.13. The summed E-state index contributed by atoms with van der Waals surface area (Å²) < 4.78 is 5.36. The van der Waals surface area contributed by atoms with Crippen LogP contribution in [-0.4, -0.2) is 16.1 Å². The molecule has 1 amide bonds. The van der Waals surface area contributed by atoms with Gasteiger partial charge in [-0.2, -0.15) is 0 Å². The number of carbonyl (C=O) groups excluding carboxylic acids is 1. The molecule has 3 aromatic rings. The highest BCUT2D eigenvalue weighted by Gasteiger charge is 2.16. The number of thioether (sulfide) groups is 1. The Bertz CT molecular complexity index is 856. The van der Waals surface area contributed by atoms with Gasteiger partial charge in [0.2, 0.25) is 5.91 Å². The molecule has 0 aliphatic heterocycles. The molecular formula is C19H20N2O2S2. The third-order valence-corrected chi connectivity index (χ3v) is 5.86. The van der Waals surface area contributed by atoms with Crippen molar-refractivity contribution in [1.29, 1.82) is 0 Å². The molecule has 0 fully saturated rings. The Labute approximate surface area is 155 Å². The van der Waals surface area contributed by atoms with Crippen LogP contribution in [0.4, 0.5) is 5.69 Å². The van der Waals surface area contributed by atoms with Gasteiger partial charge in [0, 0.05) is 16.8 Å². The number of aryl methyl sites for hydroxylation is 2. The zero-order valence-electron chi connectivity index (χ0n) is 14.4. The number of thiazole rings is 1. The zero-order valence-corrected chi connectivity index (χ0v) is 16.0. The summed E-state index contributed by atoms with van der Waals surface area (Å²) in [5.41, 5.74) is 4.10. The second-order valence-corrected chi connectivity index (χ2v) is 8.07. The predicted molar refractivity (Wildman–Crippen MR) is 105 cm³/mol. The smallest absolute Gasteiger partial charge is 0.237 e. The minimum absolute atomic E-state index is 0.0124. The van der Waals surface area contributed by atoms with E-state index in [4.69, 9.17) is 4.42 Å². The number of amides is 1. The van der Waals surface area contributed by atoms with E-state index < -0.39 is 0 Å². The van der Waals surface area contributed by atoms with E-state index in [9.17, 15) is 4.79 Å². The first-order chi connectivity index (χ1) is 12.0. The Morgan fingerprint density at radius 2 is 2.20 bits per heavy atom. The van der Waals surface area contributed by atoms with Crippen LogP contribution < -0.4 is 5.32 Å². The molecule has 0 radical (unpaired) electrons. The van der Waals surface area contributed by atoms with Crippen LogP contribution in [0.15, 0.2) is 46.4 Å². The molecule has 1 N–H and O–H groups in total. The molecular weight excluding hydrogens is 352 g/mol. The van der Waals surface area contributed by atoms with Gasteiger partial charge in [-0.25, -0.2) is 4.98 Å². The summed E-state index contributed by atoms with van der Waals surface area (Å²) in [6.45, 7) is 5.97. The highest BCUT2D eigenvalue weighted by molar-refractivity contribution is 7.99. The standard InChI is InChI=1S/C19H20N2O2S2/c1-12-6-7-16(13(2)9-12)21-18(22)14(3)24-10-15-11-25-19(20-15)17-5-4-8-23-17/h4-9,11,14H,10H2,1-3H3,(H,21,22). The van der Waals surface area contributed by atoms with E-state index in [0.29, 0.717) is 5.75 Å². The molecule has 2 heterocycles. The van der Waals surface area contributed by atoms with Crippen molar-refractivity contribution < 1.29 is 9.21 Å². The molecule has 4 nitrogen and oxygen atoms in total. The lowest BCUT2D eigenvalue weighted by Crippen LogP contribution is -2.23. The Morgan fingerprint density at radius 3 is 2.92 bits per heavy atom. The number of nitrogens with one attached hydrogen (secondary N) is 1. The minimum Gasteiger partial charge on any atom is -0.462 e. The number of benzene rings is 1. The van der Waals surface area contributed by atoms with Gasteiger partial charge in [0.15, 0.2) is 10.8 Å². The van der Waals surface area contributed by atoms with Crippen LogP contribution in [0.3, 0.4) is 0 Å². The number of rotatable bonds is 6. The van der Waals surface area contributed by atoms with Crippen molar-refractivity contribution >= 4 is 34.7 Å². The lowest BCUT2D eigenvalue weighted by atomic mass is 10.1. The van der Waals surface area contributed by atoms with Crippen LogP contribution in [0.25, 0.3) is 10.8 Å². The van der Waals surface area contributed by atoms with Crippen LogP contribution >= 0.6 is 23.1 Å². The van der Waals surface area contributed by atoms with Crippen LogP contribution in [0.5, 0.6) is 0 Å². The fraction of sp³-hybridized carbons (Fsp3) is 0.263. The number of nitrogens with zero attached hydrogens (tertiary/aromatic N) is 1. The number of anilines is 1. The lowest BCUT2D eigenvalue weighted by Gasteiger charge is -2.13. The Morgan fingerprint density at radius 1 is 1.36 bits per heavy atom. The Balaban J connectivity index is 1.55. The van der Waals surface area contributed by atoms with Crippen LogP contribution in [0.2, 0.25) is 0 Å². The molecule has 6 heteroatoms. The monoisotopic (exact) mass is 372 g/mol. The number of aromatic nitrogens is 1. The van der Waals surface area contributed by atoms with Gasteiger partial charge in [-0.1, -0.05) is 17.7 Å². The van der Waals surface area contributed by atoms with Crippen molar-refractivity contribution in [2.45, 2.75) is 31.8 Å². The number of hydrogen-bond donors (Lipinski definition) is 1. The topological polar surface area (TPSA) is 55.1 Å². The largest absolute Gasteiger partial charge is 0.462 e. The highest BCUT2D eigenvalue weighted by atomic mass is 32.2. The summed E-state index contributed by atoms with van der Waals surface area (Å²) in [5.74, 6) is 1.49. The first-order valence-corrected chi connectivity index (χ1v) is 9.94. The van der Waals surface area contributed by atoms with Gasteiger partial charge in [0.05, 0.1) is 17.2 Å². The molecule has 0 bridgehead atoms. The molecule has 2 aromatic heterocycles. The molecule has 0 aliphatic rings. The molecule has 0 aliphatic carbocycles. The maximum atomic E-state index is 12.4. The molecule has 1 atom stereocenters. The van der Waals surface area contributed by atoms with E-state index in [-0.39, 0.29) is 11.2 Å². The third kappa shape index (κ3) is 4.52. The third-order valence-electron chi connectivity index (χ3n) is 3.77. The number of carbonyl (C=O) groups is 1. The van der Waals surface area contributed by atoms with E-state index in [1.165, 1.54) is 5.56 Å². The van der Waals surface area contributed by atoms with E-state index in [2.05, 4.69) is 16.4 Å². The van der Waals surface area contributed by atoms with Gasteiger partial charge in [-0.05, 0) is 44.5 Å². The Hall–Kier alpha value is -2.05. The van der Waals surface area contributed by atoms with Gasteiger partial charge >= 0.3 is 0 Å². The van der Waals surface area contributed by atoms with E-state index >= 15 is 0 Å². The van der Waals surface area contributed by atoms with Crippen LogP contribution in [-0.2, 0) is 10.5 Å². The van der Waals surface area contributed by atoms with Crippen molar-refractivity contribution in [3.63, 3.8) is 0 Å². The average molecular weight is 373 g/mol. The maximum Gasteiger partial charge on any atom is 0.237 e. The molecule has 0 saturated heterocycles. The van der Waals surface area contributed by atoms with E-state index in [0.717, 1.165) is 27.7 Å². The summed E-state index contributed by atoms with van der Waals surface area (Å²) in [7, 11) is 0. The molecule has 25 heavy (non-hydrogen) atoms. The fourth-order valence-electron chi connectivity index (χ4n) is 2.36. The fourth-order valence-corrected chi connectivity index (χ4v) is 4.03. The molecule has 0 saturated carbocycles. The summed E-state index contributed by atoms with van der Waals surface area (Å²) in [6, 6.07) is 9.78.